The standard InChI is InChI=1S/C58H65N9O5/c1-36(68)65-25-20-50-48(35-65)53(63-67(50)44-21-26-71-27-22-44)46-9-7-8-39-28-49(60-32-47(39)46)41-13-17-52(61-31-41)66-33-42(34-66)37-18-23-64(24-19-37)43-14-10-38(11-15-43)54(69)62-55-57(2,3)56(58(55,4)5)72-45-16-12-40(30-59)51(29-45)70-6/h7-17,28-29,31-32,37,42,44,55-56H,18-27,33-35H2,1-6H3,(H,62,69). The summed E-state index contributed by atoms with van der Waals surface area (Å²) >= 11 is 0. The Labute approximate surface area is 422 Å². The van der Waals surface area contributed by atoms with Crippen LogP contribution in [0.15, 0.2) is 91.3 Å². The largest absolute Gasteiger partial charge is 0.495 e. The molecule has 72 heavy (non-hydrogen) atoms. The van der Waals surface area contributed by atoms with Gasteiger partial charge in [-0.15, -0.1) is 0 Å². The zero-order valence-corrected chi connectivity index (χ0v) is 42.4. The topological polar surface area (TPSA) is 151 Å². The number of hydrogen-bond donors (Lipinski definition) is 1. The summed E-state index contributed by atoms with van der Waals surface area (Å²) in [7, 11) is 1.55. The van der Waals surface area contributed by atoms with Crippen LogP contribution >= 0.6 is 0 Å². The molecule has 1 saturated carbocycles. The summed E-state index contributed by atoms with van der Waals surface area (Å²) in [6, 6.07) is 28.5. The van der Waals surface area contributed by atoms with E-state index in [0.29, 0.717) is 53.6 Å². The first kappa shape index (κ1) is 47.4. The highest BCUT2D eigenvalue weighted by atomic mass is 16.5. The van der Waals surface area contributed by atoms with Gasteiger partial charge in [0.15, 0.2) is 0 Å². The van der Waals surface area contributed by atoms with Crippen LogP contribution in [0.2, 0.25) is 0 Å². The lowest BCUT2D eigenvalue weighted by molar-refractivity contribution is -0.164. The molecule has 4 aliphatic heterocycles. The Morgan fingerprint density at radius 3 is 2.31 bits per heavy atom. The number of fused-ring (bicyclic) bond motifs is 2. The van der Waals surface area contributed by atoms with Gasteiger partial charge >= 0.3 is 0 Å². The molecule has 2 amide bonds. The average molecular weight is 968 g/mol. The number of nitrogens with one attached hydrogen (secondary N) is 1. The summed E-state index contributed by atoms with van der Waals surface area (Å²) < 4.78 is 19.8. The van der Waals surface area contributed by atoms with Crippen LogP contribution in [-0.4, -0.2) is 102 Å². The summed E-state index contributed by atoms with van der Waals surface area (Å²) in [5, 5.41) is 20.2. The highest BCUT2D eigenvalue weighted by molar-refractivity contribution is 5.98. The van der Waals surface area contributed by atoms with Crippen LogP contribution in [-0.2, 0) is 22.5 Å². The fourth-order valence-electron chi connectivity index (χ4n) is 12.9. The van der Waals surface area contributed by atoms with E-state index in [1.807, 2.05) is 29.4 Å². The van der Waals surface area contributed by atoms with Crippen molar-refractivity contribution in [3.63, 3.8) is 0 Å². The zero-order valence-electron chi connectivity index (χ0n) is 42.4. The maximum Gasteiger partial charge on any atom is 0.251 e. The van der Waals surface area contributed by atoms with Gasteiger partial charge in [-0.25, -0.2) is 4.98 Å². The normalized spacial score (nSPS) is 21.0. The van der Waals surface area contributed by atoms with Crippen molar-refractivity contribution in [1.82, 2.24) is 30.0 Å². The predicted octanol–water partition coefficient (Wildman–Crippen LogP) is 9.26. The van der Waals surface area contributed by atoms with Crippen molar-refractivity contribution >= 4 is 34.1 Å². The number of methoxy groups -OCH3 is 1. The molecule has 1 aliphatic carbocycles. The summed E-state index contributed by atoms with van der Waals surface area (Å²) in [5.41, 5.74) is 7.83. The van der Waals surface area contributed by atoms with Gasteiger partial charge in [-0.3, -0.25) is 19.3 Å². The Kier molecular flexibility index (Phi) is 12.4. The van der Waals surface area contributed by atoms with Crippen molar-refractivity contribution in [2.45, 2.75) is 91.5 Å². The van der Waals surface area contributed by atoms with E-state index in [1.165, 1.54) is 5.69 Å². The van der Waals surface area contributed by atoms with Crippen molar-refractivity contribution in [2.24, 2.45) is 22.7 Å². The molecule has 3 aromatic carbocycles. The van der Waals surface area contributed by atoms with Crippen LogP contribution in [0.25, 0.3) is 33.3 Å². The molecule has 4 fully saturated rings. The number of benzene rings is 3. The smallest absolute Gasteiger partial charge is 0.251 e. The summed E-state index contributed by atoms with van der Waals surface area (Å²) in [6.07, 6.45) is 8.73. The summed E-state index contributed by atoms with van der Waals surface area (Å²) in [4.78, 5) is 42.9. The number of pyridine rings is 2. The predicted molar refractivity (Wildman–Crippen MR) is 278 cm³/mol. The Hall–Kier alpha value is -6.98. The van der Waals surface area contributed by atoms with E-state index in [0.717, 1.165) is 122 Å². The van der Waals surface area contributed by atoms with Crippen LogP contribution in [0.1, 0.15) is 93.5 Å². The van der Waals surface area contributed by atoms with Gasteiger partial charge < -0.3 is 34.2 Å². The molecule has 3 aromatic heterocycles. The summed E-state index contributed by atoms with van der Waals surface area (Å²) in [6.45, 7) is 17.0. The molecule has 0 unspecified atom stereocenters. The molecule has 1 N–H and O–H groups in total. The minimum atomic E-state index is -0.338. The fraction of sp³-hybridized carbons (Fsp3) is 0.448. The quantitative estimate of drug-likeness (QED) is 0.132. The second kappa shape index (κ2) is 18.9. The highest BCUT2D eigenvalue weighted by Crippen LogP contribution is 2.56. The van der Waals surface area contributed by atoms with Crippen LogP contribution in [0, 0.1) is 34.0 Å². The second-order valence-electron chi connectivity index (χ2n) is 21.8. The molecule has 7 heterocycles. The molecule has 3 saturated heterocycles. The Balaban J connectivity index is 0.676. The monoisotopic (exact) mass is 968 g/mol. The van der Waals surface area contributed by atoms with Crippen molar-refractivity contribution in [3.05, 3.63) is 114 Å². The third kappa shape index (κ3) is 8.59. The molecule has 372 valence electrons. The first-order valence-electron chi connectivity index (χ1n) is 25.8. The highest BCUT2D eigenvalue weighted by Gasteiger charge is 2.64. The van der Waals surface area contributed by atoms with Crippen LogP contribution in [0.5, 0.6) is 11.5 Å². The van der Waals surface area contributed by atoms with Crippen LogP contribution in [0.4, 0.5) is 11.5 Å². The first-order valence-corrected chi connectivity index (χ1v) is 25.8. The fourth-order valence-corrected chi connectivity index (χ4v) is 12.9. The zero-order chi connectivity index (χ0) is 49.9. The minimum absolute atomic E-state index is 0.0858. The average Bonchev–Trinajstić information content (AvgIpc) is 3.78. The third-order valence-electron chi connectivity index (χ3n) is 16.7. The SMILES string of the molecule is COc1cc(OC2C(C)(C)C(NC(=O)c3ccc(N4CCC(C5CN(c6ccc(-c7cc8cccc(-c9nn(C%10CCOCC%10)c%10c9CN(C(C)=O)CC%10)c8cn7)cn6)C5)CC4)cc3)C2(C)C)ccc1C#N. The molecule has 14 heteroatoms. The number of nitriles is 1. The Bertz CT molecular complexity index is 3030. The van der Waals surface area contributed by atoms with Gasteiger partial charge in [0.25, 0.3) is 5.91 Å². The maximum absolute atomic E-state index is 13.6. The summed E-state index contributed by atoms with van der Waals surface area (Å²) in [5.74, 6) is 3.44. The number of hydrogen-bond acceptors (Lipinski definition) is 11. The lowest BCUT2D eigenvalue weighted by Crippen LogP contribution is -2.74. The van der Waals surface area contributed by atoms with Crippen LogP contribution in [0.3, 0.4) is 0 Å². The molecule has 0 bridgehead atoms. The van der Waals surface area contributed by atoms with Crippen molar-refractivity contribution in [2.75, 3.05) is 62.8 Å². The molecule has 6 aromatic rings. The number of ether oxygens (including phenoxy) is 3. The number of aromatic nitrogens is 4. The Morgan fingerprint density at radius 1 is 0.847 bits per heavy atom. The van der Waals surface area contributed by atoms with E-state index >= 15 is 0 Å². The van der Waals surface area contributed by atoms with E-state index < -0.39 is 0 Å². The number of anilines is 2. The van der Waals surface area contributed by atoms with Gasteiger partial charge in [-0.2, -0.15) is 10.4 Å². The number of nitrogens with zero attached hydrogens (tertiary/aromatic N) is 8. The molecule has 0 atom stereocenters. The van der Waals surface area contributed by atoms with E-state index in [9.17, 15) is 14.9 Å². The number of carbonyl (C=O) groups is 2. The van der Waals surface area contributed by atoms with Crippen molar-refractivity contribution in [1.29, 1.82) is 5.26 Å². The van der Waals surface area contributed by atoms with Gasteiger partial charge in [0.1, 0.15) is 29.5 Å². The number of piperidine rings is 1. The van der Waals surface area contributed by atoms with Gasteiger partial charge in [-0.05, 0) is 97.5 Å². The number of amides is 2. The molecule has 5 aliphatic rings. The number of carbonyl (C=O) groups excluding carboxylic acids is 2. The molecule has 14 nitrogen and oxygen atoms in total. The van der Waals surface area contributed by atoms with Crippen molar-refractivity contribution in [3.8, 4) is 40.1 Å². The van der Waals surface area contributed by atoms with Gasteiger partial charge in [0, 0.05) is 140 Å². The van der Waals surface area contributed by atoms with Gasteiger partial charge in [0.2, 0.25) is 5.91 Å². The first-order chi connectivity index (χ1) is 34.8. The Morgan fingerprint density at radius 2 is 1.61 bits per heavy atom. The molecular weight excluding hydrogens is 903 g/mol. The lowest BCUT2D eigenvalue weighted by Gasteiger charge is -2.63. The van der Waals surface area contributed by atoms with Gasteiger partial charge in [-0.1, -0.05) is 45.9 Å². The number of rotatable bonds is 11. The van der Waals surface area contributed by atoms with E-state index in [4.69, 9.17) is 29.3 Å². The van der Waals surface area contributed by atoms with E-state index in [1.54, 1.807) is 32.2 Å². The second-order valence-corrected chi connectivity index (χ2v) is 21.8. The van der Waals surface area contributed by atoms with E-state index in [2.05, 4.69) is 102 Å². The third-order valence-corrected chi connectivity index (χ3v) is 16.7. The van der Waals surface area contributed by atoms with E-state index in [-0.39, 0.29) is 34.8 Å². The maximum atomic E-state index is 13.6. The van der Waals surface area contributed by atoms with Gasteiger partial charge in [0.05, 0.1) is 30.1 Å². The molecular formula is C58H65N9O5. The van der Waals surface area contributed by atoms with Crippen molar-refractivity contribution < 1.29 is 23.8 Å². The lowest BCUT2D eigenvalue weighted by atomic mass is 9.49. The minimum Gasteiger partial charge on any atom is -0.495 e. The molecule has 0 radical (unpaired) electrons. The molecule has 11 rings (SSSR count). The molecule has 0 spiro atoms. The van der Waals surface area contributed by atoms with Crippen LogP contribution < -0.4 is 24.6 Å².